The first-order valence-electron chi connectivity index (χ1n) is 8.52. The average Bonchev–Trinajstić information content (AvgIpc) is 3.16. The molecule has 0 atom stereocenters. The molecule has 0 spiro atoms. The molecule has 2 amide bonds. The van der Waals surface area contributed by atoms with Crippen LogP contribution in [-0.2, 0) is 0 Å². The first kappa shape index (κ1) is 18.8. The van der Waals surface area contributed by atoms with Crippen molar-refractivity contribution in [3.8, 4) is 0 Å². The monoisotopic (exact) mass is 387 g/mol. The summed E-state index contributed by atoms with van der Waals surface area (Å²) in [6, 6.07) is 9.13. The van der Waals surface area contributed by atoms with Gasteiger partial charge in [-0.05, 0) is 44.0 Å². The predicted octanol–water partition coefficient (Wildman–Crippen LogP) is 4.04. The Hall–Kier alpha value is -2.93. The van der Waals surface area contributed by atoms with Gasteiger partial charge < -0.3 is 10.2 Å². The fourth-order valence-corrected chi connectivity index (χ4v) is 3.34. The number of hydrogen-bond donors (Lipinski definition) is 1. The van der Waals surface area contributed by atoms with Crippen LogP contribution in [0, 0.1) is 17.0 Å². The zero-order valence-corrected chi connectivity index (χ0v) is 15.5. The maximum Gasteiger partial charge on any atom is 0.285 e. The standard InChI is InChI=1S/C19H18ClN3O4/c1-12-5-4-6-14(17(12)23(26)27)18(24)21-16-8-7-13(20)11-15(16)19(25)22-9-2-3-10-22/h4-8,11H,2-3,9-10H2,1H3,(H,21,24). The van der Waals surface area contributed by atoms with Gasteiger partial charge in [0.05, 0.1) is 16.2 Å². The van der Waals surface area contributed by atoms with Crippen LogP contribution in [0.3, 0.4) is 0 Å². The molecule has 0 aromatic heterocycles. The van der Waals surface area contributed by atoms with E-state index in [-0.39, 0.29) is 28.4 Å². The van der Waals surface area contributed by atoms with Crippen LogP contribution in [0.25, 0.3) is 0 Å². The smallest absolute Gasteiger partial charge is 0.285 e. The van der Waals surface area contributed by atoms with Crippen LogP contribution < -0.4 is 5.32 Å². The van der Waals surface area contributed by atoms with Crippen LogP contribution in [0.15, 0.2) is 36.4 Å². The third-order valence-corrected chi connectivity index (χ3v) is 4.75. The van der Waals surface area contributed by atoms with E-state index in [4.69, 9.17) is 11.6 Å². The number of anilines is 1. The van der Waals surface area contributed by atoms with Gasteiger partial charge in [-0.1, -0.05) is 23.7 Å². The van der Waals surface area contributed by atoms with Crippen molar-refractivity contribution in [2.45, 2.75) is 19.8 Å². The van der Waals surface area contributed by atoms with Gasteiger partial charge in [0.25, 0.3) is 17.5 Å². The molecule has 7 nitrogen and oxygen atoms in total. The highest BCUT2D eigenvalue weighted by Gasteiger charge is 2.26. The van der Waals surface area contributed by atoms with Gasteiger partial charge in [0.1, 0.15) is 5.56 Å². The average molecular weight is 388 g/mol. The van der Waals surface area contributed by atoms with E-state index in [2.05, 4.69) is 5.32 Å². The summed E-state index contributed by atoms with van der Waals surface area (Å²) < 4.78 is 0. The van der Waals surface area contributed by atoms with E-state index in [1.54, 1.807) is 30.0 Å². The van der Waals surface area contributed by atoms with Crippen LogP contribution in [0.4, 0.5) is 11.4 Å². The SMILES string of the molecule is Cc1cccc(C(=O)Nc2ccc(Cl)cc2C(=O)N2CCCC2)c1[N+](=O)[O-]. The number of likely N-dealkylation sites (tertiary alicyclic amines) is 1. The maximum atomic E-state index is 12.8. The van der Waals surface area contributed by atoms with Crippen molar-refractivity contribution in [3.05, 3.63) is 68.2 Å². The molecule has 3 rings (SSSR count). The highest BCUT2D eigenvalue weighted by Crippen LogP contribution is 2.27. The molecule has 1 saturated heterocycles. The normalized spacial score (nSPS) is 13.5. The van der Waals surface area contributed by atoms with Crippen molar-refractivity contribution in [3.63, 3.8) is 0 Å². The minimum Gasteiger partial charge on any atom is -0.339 e. The van der Waals surface area contributed by atoms with E-state index in [0.717, 1.165) is 12.8 Å². The zero-order valence-electron chi connectivity index (χ0n) is 14.7. The molecular formula is C19H18ClN3O4. The lowest BCUT2D eigenvalue weighted by Gasteiger charge is -2.18. The first-order valence-corrected chi connectivity index (χ1v) is 8.90. The fraction of sp³-hybridized carbons (Fsp3) is 0.263. The van der Waals surface area contributed by atoms with Gasteiger partial charge in [0.2, 0.25) is 0 Å². The minimum absolute atomic E-state index is 0.0606. The summed E-state index contributed by atoms with van der Waals surface area (Å²) >= 11 is 6.04. The Morgan fingerprint density at radius 3 is 2.52 bits per heavy atom. The minimum atomic E-state index is -0.650. The number of nitro groups is 1. The van der Waals surface area contributed by atoms with Crippen LogP contribution in [0.2, 0.25) is 5.02 Å². The number of carbonyl (C=O) groups is 2. The molecule has 1 fully saturated rings. The molecule has 8 heteroatoms. The molecular weight excluding hydrogens is 370 g/mol. The fourth-order valence-electron chi connectivity index (χ4n) is 3.17. The molecule has 0 unspecified atom stereocenters. The van der Waals surface area contributed by atoms with Gasteiger partial charge in [0.15, 0.2) is 0 Å². The maximum absolute atomic E-state index is 12.8. The van der Waals surface area contributed by atoms with Gasteiger partial charge in [-0.25, -0.2) is 0 Å². The van der Waals surface area contributed by atoms with Gasteiger partial charge in [-0.15, -0.1) is 0 Å². The Bertz CT molecular complexity index is 923. The molecule has 2 aromatic carbocycles. The Labute approximate surface area is 161 Å². The van der Waals surface area contributed by atoms with Crippen molar-refractivity contribution in [2.75, 3.05) is 18.4 Å². The molecule has 1 aliphatic heterocycles. The van der Waals surface area contributed by atoms with Crippen molar-refractivity contribution < 1.29 is 14.5 Å². The second kappa shape index (κ2) is 7.75. The first-order chi connectivity index (χ1) is 12.9. The van der Waals surface area contributed by atoms with Crippen molar-refractivity contribution in [2.24, 2.45) is 0 Å². The summed E-state index contributed by atoms with van der Waals surface area (Å²) in [6.07, 6.45) is 1.87. The molecule has 0 saturated carbocycles. The summed E-state index contributed by atoms with van der Waals surface area (Å²) in [7, 11) is 0. The zero-order chi connectivity index (χ0) is 19.6. The molecule has 1 heterocycles. The number of hydrogen-bond acceptors (Lipinski definition) is 4. The molecule has 27 heavy (non-hydrogen) atoms. The number of halogens is 1. The Morgan fingerprint density at radius 1 is 1.15 bits per heavy atom. The van der Waals surface area contributed by atoms with Crippen LogP contribution >= 0.6 is 11.6 Å². The van der Waals surface area contributed by atoms with E-state index in [1.165, 1.54) is 18.2 Å². The second-order valence-corrected chi connectivity index (χ2v) is 6.81. The summed E-state index contributed by atoms with van der Waals surface area (Å²) in [5.41, 5.74) is 0.619. The predicted molar refractivity (Wildman–Crippen MR) is 102 cm³/mol. The third kappa shape index (κ3) is 3.93. The van der Waals surface area contributed by atoms with Crippen LogP contribution in [0.5, 0.6) is 0 Å². The summed E-state index contributed by atoms with van der Waals surface area (Å²) in [5.74, 6) is -0.868. The highest BCUT2D eigenvalue weighted by atomic mass is 35.5. The van der Waals surface area contributed by atoms with E-state index in [1.807, 2.05) is 0 Å². The summed E-state index contributed by atoms with van der Waals surface area (Å²) in [4.78, 5) is 37.9. The number of aryl methyl sites for hydroxylation is 1. The molecule has 2 aromatic rings. The van der Waals surface area contributed by atoms with Crippen molar-refractivity contribution >= 4 is 34.8 Å². The number of nitro benzene ring substituents is 1. The number of para-hydroxylation sites is 1. The number of benzene rings is 2. The topological polar surface area (TPSA) is 92.6 Å². The van der Waals surface area contributed by atoms with E-state index >= 15 is 0 Å². The van der Waals surface area contributed by atoms with Crippen molar-refractivity contribution in [1.82, 2.24) is 4.90 Å². The molecule has 1 N–H and O–H groups in total. The van der Waals surface area contributed by atoms with Gasteiger partial charge in [-0.2, -0.15) is 0 Å². The molecule has 1 aliphatic rings. The third-order valence-electron chi connectivity index (χ3n) is 4.52. The lowest BCUT2D eigenvalue weighted by molar-refractivity contribution is -0.385. The van der Waals surface area contributed by atoms with Gasteiger partial charge in [-0.3, -0.25) is 19.7 Å². The number of nitrogens with zero attached hydrogens (tertiary/aromatic N) is 2. The molecule has 0 bridgehead atoms. The number of carbonyl (C=O) groups excluding carboxylic acids is 2. The largest absolute Gasteiger partial charge is 0.339 e. The Balaban J connectivity index is 1.94. The summed E-state index contributed by atoms with van der Waals surface area (Å²) in [5, 5.41) is 14.3. The summed E-state index contributed by atoms with van der Waals surface area (Å²) in [6.45, 7) is 2.88. The van der Waals surface area contributed by atoms with Gasteiger partial charge >= 0.3 is 0 Å². The van der Waals surface area contributed by atoms with Crippen LogP contribution in [0.1, 0.15) is 39.1 Å². The number of nitrogens with one attached hydrogen (secondary N) is 1. The molecule has 0 radical (unpaired) electrons. The van der Waals surface area contributed by atoms with Gasteiger partial charge in [0, 0.05) is 23.7 Å². The quantitative estimate of drug-likeness (QED) is 0.632. The highest BCUT2D eigenvalue weighted by molar-refractivity contribution is 6.31. The van der Waals surface area contributed by atoms with E-state index in [9.17, 15) is 19.7 Å². The number of rotatable bonds is 4. The van der Waals surface area contributed by atoms with Crippen molar-refractivity contribution in [1.29, 1.82) is 0 Å². The number of amides is 2. The van der Waals surface area contributed by atoms with Crippen LogP contribution in [-0.4, -0.2) is 34.7 Å². The molecule has 140 valence electrons. The van der Waals surface area contributed by atoms with E-state index in [0.29, 0.717) is 23.7 Å². The molecule has 0 aliphatic carbocycles. The van der Waals surface area contributed by atoms with E-state index < -0.39 is 10.8 Å². The second-order valence-electron chi connectivity index (χ2n) is 6.37. The Morgan fingerprint density at radius 2 is 1.85 bits per heavy atom. The lowest BCUT2D eigenvalue weighted by atomic mass is 10.1. The lowest BCUT2D eigenvalue weighted by Crippen LogP contribution is -2.29. The Kier molecular flexibility index (Phi) is 5.41.